The van der Waals surface area contributed by atoms with E-state index in [-0.39, 0.29) is 11.3 Å². The minimum Gasteiger partial charge on any atom is -0.495 e. The molecule has 6 rings (SSSR count). The van der Waals surface area contributed by atoms with Gasteiger partial charge in [-0.05, 0) is 61.1 Å². The Morgan fingerprint density at radius 2 is 2.10 bits per heavy atom. The number of rotatable bonds is 2. The highest BCUT2D eigenvalue weighted by molar-refractivity contribution is 6.01. The molecule has 0 saturated heterocycles. The number of aromatic amines is 1. The fraction of sp³-hybridized carbons (Fsp3) is 0.280. The van der Waals surface area contributed by atoms with E-state index in [0.29, 0.717) is 11.3 Å². The Morgan fingerprint density at radius 3 is 2.87 bits per heavy atom. The molecule has 5 nitrogen and oxygen atoms in total. The molecule has 1 amide bonds. The van der Waals surface area contributed by atoms with Crippen molar-refractivity contribution in [1.82, 2.24) is 15.3 Å². The number of carbonyl (C=O) groups excluding carboxylic acids is 1. The maximum atomic E-state index is 12.7. The summed E-state index contributed by atoms with van der Waals surface area (Å²) >= 11 is 0. The lowest BCUT2D eigenvalue weighted by Gasteiger charge is -2.23. The Kier molecular flexibility index (Phi) is 3.47. The van der Waals surface area contributed by atoms with Gasteiger partial charge in [-0.15, -0.1) is 6.42 Å². The summed E-state index contributed by atoms with van der Waals surface area (Å²) in [6.45, 7) is 0.743. The van der Waals surface area contributed by atoms with E-state index in [1.807, 2.05) is 24.4 Å². The number of methoxy groups -OCH3 is 1. The third kappa shape index (κ3) is 2.31. The van der Waals surface area contributed by atoms with Gasteiger partial charge in [0, 0.05) is 35.0 Å². The van der Waals surface area contributed by atoms with E-state index in [1.165, 1.54) is 5.56 Å². The van der Waals surface area contributed by atoms with Crippen LogP contribution in [0.15, 0.2) is 30.5 Å². The number of aryl methyl sites for hydroxylation is 1. The van der Waals surface area contributed by atoms with Crippen molar-refractivity contribution in [3.05, 3.63) is 58.4 Å². The van der Waals surface area contributed by atoms with E-state index in [4.69, 9.17) is 16.1 Å². The number of aromatic nitrogens is 2. The first-order chi connectivity index (χ1) is 14.6. The number of benzene rings is 1. The number of H-pyrrole nitrogens is 1. The smallest absolute Gasteiger partial charge is 0.253 e. The average molecular weight is 395 g/mol. The lowest BCUT2D eigenvalue weighted by molar-refractivity contribution is 0.0936. The van der Waals surface area contributed by atoms with Gasteiger partial charge >= 0.3 is 0 Å². The van der Waals surface area contributed by atoms with Gasteiger partial charge in [0.25, 0.3) is 5.91 Å². The SMILES string of the molecule is C#Cc1cc(-c2cc3c(cn2)CCc2c-3[nH]c3c2C(=O)NCC32CC2)ccc1OC. The second-order valence-electron chi connectivity index (χ2n) is 8.48. The predicted molar refractivity (Wildman–Crippen MR) is 115 cm³/mol. The van der Waals surface area contributed by atoms with Crippen LogP contribution in [0.3, 0.4) is 0 Å². The standard InChI is InChI=1S/C25H21N3O2/c1-3-14-10-15(5-7-20(14)30-2)19-11-18-16(12-26-19)4-6-17-21-23(28-22(17)18)25(8-9-25)13-27-24(21)29/h1,5,7,10-12,28H,4,6,8-9,13H2,2H3,(H,27,29). The van der Waals surface area contributed by atoms with Crippen molar-refractivity contribution in [2.75, 3.05) is 13.7 Å². The van der Waals surface area contributed by atoms with Crippen LogP contribution in [0.25, 0.3) is 22.5 Å². The minimum absolute atomic E-state index is 0.0616. The van der Waals surface area contributed by atoms with E-state index < -0.39 is 0 Å². The molecule has 3 aromatic rings. The molecule has 0 bridgehead atoms. The highest BCUT2D eigenvalue weighted by atomic mass is 16.5. The summed E-state index contributed by atoms with van der Waals surface area (Å²) in [5.74, 6) is 3.43. The number of hydrogen-bond donors (Lipinski definition) is 2. The summed E-state index contributed by atoms with van der Waals surface area (Å²) in [6.07, 6.45) is 11.6. The van der Waals surface area contributed by atoms with Crippen LogP contribution in [0.4, 0.5) is 0 Å². The number of hydrogen-bond acceptors (Lipinski definition) is 3. The van der Waals surface area contributed by atoms with E-state index in [9.17, 15) is 4.79 Å². The van der Waals surface area contributed by atoms with Gasteiger partial charge in [-0.3, -0.25) is 9.78 Å². The summed E-state index contributed by atoms with van der Waals surface area (Å²) in [5, 5.41) is 3.11. The molecule has 1 aliphatic heterocycles. The molecule has 5 heteroatoms. The molecule has 1 spiro atoms. The number of amides is 1. The summed E-state index contributed by atoms with van der Waals surface area (Å²) < 4.78 is 5.34. The number of terminal acetylenes is 1. The quantitative estimate of drug-likeness (QED) is 0.652. The van der Waals surface area contributed by atoms with E-state index in [0.717, 1.165) is 71.6 Å². The Bertz CT molecular complexity index is 1270. The van der Waals surface area contributed by atoms with Crippen LogP contribution in [0.5, 0.6) is 5.75 Å². The molecule has 2 aromatic heterocycles. The Balaban J connectivity index is 1.50. The molecular weight excluding hydrogens is 374 g/mol. The zero-order valence-electron chi connectivity index (χ0n) is 16.8. The van der Waals surface area contributed by atoms with Crippen molar-refractivity contribution in [3.8, 4) is 40.6 Å². The van der Waals surface area contributed by atoms with Crippen LogP contribution < -0.4 is 10.1 Å². The Hall–Kier alpha value is -3.52. The number of nitrogens with one attached hydrogen (secondary N) is 2. The maximum absolute atomic E-state index is 12.7. The molecular formula is C25H21N3O2. The molecule has 3 aliphatic rings. The zero-order valence-corrected chi connectivity index (χ0v) is 16.8. The first-order valence-electron chi connectivity index (χ1n) is 10.3. The van der Waals surface area contributed by atoms with Crippen LogP contribution in [0.1, 0.15) is 45.6 Å². The van der Waals surface area contributed by atoms with E-state index >= 15 is 0 Å². The molecule has 0 unspecified atom stereocenters. The summed E-state index contributed by atoms with van der Waals surface area (Å²) in [6, 6.07) is 7.91. The fourth-order valence-electron chi connectivity index (χ4n) is 4.98. The van der Waals surface area contributed by atoms with Crippen molar-refractivity contribution in [1.29, 1.82) is 0 Å². The van der Waals surface area contributed by atoms with Gasteiger partial charge in [0.2, 0.25) is 0 Å². The van der Waals surface area contributed by atoms with Crippen molar-refractivity contribution >= 4 is 5.91 Å². The number of ether oxygens (including phenoxy) is 1. The molecule has 2 N–H and O–H groups in total. The monoisotopic (exact) mass is 395 g/mol. The lowest BCUT2D eigenvalue weighted by atomic mass is 9.86. The highest BCUT2D eigenvalue weighted by Gasteiger charge is 2.51. The average Bonchev–Trinajstić information content (AvgIpc) is 3.45. The largest absolute Gasteiger partial charge is 0.495 e. The van der Waals surface area contributed by atoms with Gasteiger partial charge in [0.15, 0.2) is 0 Å². The lowest BCUT2D eigenvalue weighted by Crippen LogP contribution is -2.39. The van der Waals surface area contributed by atoms with Crippen molar-refractivity contribution in [2.45, 2.75) is 31.1 Å². The molecule has 1 fully saturated rings. The molecule has 3 heterocycles. The van der Waals surface area contributed by atoms with Crippen LogP contribution >= 0.6 is 0 Å². The Morgan fingerprint density at radius 1 is 1.23 bits per heavy atom. The summed E-state index contributed by atoms with van der Waals surface area (Å²) in [5.41, 5.74) is 9.24. The number of fused-ring (bicyclic) bond motifs is 6. The minimum atomic E-state index is 0.0616. The van der Waals surface area contributed by atoms with Gasteiger partial charge in [-0.2, -0.15) is 0 Å². The van der Waals surface area contributed by atoms with Gasteiger partial charge in [-0.1, -0.05) is 5.92 Å². The van der Waals surface area contributed by atoms with Crippen LogP contribution in [-0.4, -0.2) is 29.5 Å². The molecule has 1 aromatic carbocycles. The van der Waals surface area contributed by atoms with Gasteiger partial charge < -0.3 is 15.0 Å². The van der Waals surface area contributed by atoms with E-state index in [2.05, 4.69) is 22.3 Å². The van der Waals surface area contributed by atoms with Gasteiger partial charge in [0.1, 0.15) is 5.75 Å². The molecule has 1 saturated carbocycles. The number of carbonyl (C=O) groups is 1. The van der Waals surface area contributed by atoms with Crippen LogP contribution in [0.2, 0.25) is 0 Å². The van der Waals surface area contributed by atoms with Crippen LogP contribution in [-0.2, 0) is 18.3 Å². The normalized spacial score (nSPS) is 17.4. The second-order valence-corrected chi connectivity index (χ2v) is 8.48. The molecule has 148 valence electrons. The highest BCUT2D eigenvalue weighted by Crippen LogP contribution is 2.52. The van der Waals surface area contributed by atoms with Crippen molar-refractivity contribution in [3.63, 3.8) is 0 Å². The van der Waals surface area contributed by atoms with Crippen molar-refractivity contribution in [2.24, 2.45) is 0 Å². The molecule has 30 heavy (non-hydrogen) atoms. The van der Waals surface area contributed by atoms with Gasteiger partial charge in [0.05, 0.1) is 29.6 Å². The topological polar surface area (TPSA) is 67.0 Å². The predicted octanol–water partition coefficient (Wildman–Crippen LogP) is 3.61. The number of nitrogens with zero attached hydrogens (tertiary/aromatic N) is 1. The third-order valence-corrected chi connectivity index (χ3v) is 6.85. The van der Waals surface area contributed by atoms with E-state index in [1.54, 1.807) is 7.11 Å². The fourth-order valence-corrected chi connectivity index (χ4v) is 4.98. The third-order valence-electron chi connectivity index (χ3n) is 6.85. The number of pyridine rings is 1. The first kappa shape index (κ1) is 17.3. The summed E-state index contributed by atoms with van der Waals surface area (Å²) in [7, 11) is 1.62. The maximum Gasteiger partial charge on any atom is 0.253 e. The molecule has 0 atom stereocenters. The second kappa shape index (κ2) is 5.99. The summed E-state index contributed by atoms with van der Waals surface area (Å²) in [4.78, 5) is 21.1. The van der Waals surface area contributed by atoms with Crippen molar-refractivity contribution < 1.29 is 9.53 Å². The zero-order chi connectivity index (χ0) is 20.5. The Labute approximate surface area is 174 Å². The molecule has 2 aliphatic carbocycles. The molecule has 0 radical (unpaired) electrons. The first-order valence-corrected chi connectivity index (χ1v) is 10.3. The van der Waals surface area contributed by atoms with Crippen LogP contribution in [0, 0.1) is 12.3 Å². The van der Waals surface area contributed by atoms with Gasteiger partial charge in [-0.25, -0.2) is 0 Å².